The summed E-state index contributed by atoms with van der Waals surface area (Å²) in [7, 11) is -1.31. The molecule has 0 aliphatic heterocycles. The Bertz CT molecular complexity index is 422. The fraction of sp³-hybridized carbons (Fsp3) is 0.562. The van der Waals surface area contributed by atoms with Gasteiger partial charge in [-0.3, -0.25) is 10.3 Å². The summed E-state index contributed by atoms with van der Waals surface area (Å²) in [6.07, 6.45) is 8.20. The molecule has 0 radical (unpaired) electrons. The van der Waals surface area contributed by atoms with E-state index in [0.29, 0.717) is 12.5 Å². The molecule has 3 N–H and O–H groups in total. The zero-order chi connectivity index (χ0) is 14.9. The maximum Gasteiger partial charge on any atom is 0.310 e. The van der Waals surface area contributed by atoms with Crippen LogP contribution in [-0.2, 0) is 15.7 Å². The zero-order valence-electron chi connectivity index (χ0n) is 12.5. The van der Waals surface area contributed by atoms with Crippen molar-refractivity contribution in [2.45, 2.75) is 57.4 Å². The van der Waals surface area contributed by atoms with Crippen molar-refractivity contribution >= 4 is 14.4 Å². The Morgan fingerprint density at radius 1 is 1.24 bits per heavy atom. The molecule has 1 fully saturated rings. The van der Waals surface area contributed by atoms with E-state index >= 15 is 0 Å². The highest BCUT2D eigenvalue weighted by Gasteiger charge is 2.18. The number of aryl methyl sites for hydroxylation is 1. The van der Waals surface area contributed by atoms with E-state index < -0.39 is 8.45 Å². The summed E-state index contributed by atoms with van der Waals surface area (Å²) in [6.45, 7) is 0. The van der Waals surface area contributed by atoms with Crippen LogP contribution in [0.3, 0.4) is 0 Å². The normalized spacial score (nSPS) is 17.4. The van der Waals surface area contributed by atoms with Gasteiger partial charge < -0.3 is 4.52 Å². The lowest BCUT2D eigenvalue weighted by atomic mass is 9.96. The first kappa shape index (κ1) is 16.4. The largest absolute Gasteiger partial charge is 0.414 e. The molecule has 1 aliphatic rings. The molecule has 0 spiro atoms. The number of carbonyl (C=O) groups excluding carboxylic acids is 1. The third-order valence-corrected chi connectivity index (χ3v) is 4.82. The van der Waals surface area contributed by atoms with Crippen molar-refractivity contribution in [3.63, 3.8) is 0 Å². The highest BCUT2D eigenvalue weighted by atomic mass is 31.2. The van der Waals surface area contributed by atoms with Gasteiger partial charge in [-0.05, 0) is 31.2 Å². The van der Waals surface area contributed by atoms with Gasteiger partial charge in [0.25, 0.3) is 0 Å². The Kier molecular flexibility index (Phi) is 7.14. The van der Waals surface area contributed by atoms with Gasteiger partial charge in [0.1, 0.15) is 0 Å². The summed E-state index contributed by atoms with van der Waals surface area (Å²) in [5.41, 5.74) is 7.15. The zero-order valence-corrected chi connectivity index (χ0v) is 13.4. The number of hydrogen-bond acceptors (Lipinski definition) is 4. The summed E-state index contributed by atoms with van der Waals surface area (Å²) in [6, 6.07) is 10.6. The smallest absolute Gasteiger partial charge is 0.310 e. The minimum atomic E-state index is -1.31. The number of nitrogens with one attached hydrogen (secondary N) is 1. The van der Waals surface area contributed by atoms with Crippen LogP contribution in [0.15, 0.2) is 30.3 Å². The maximum atomic E-state index is 11.8. The first-order valence-corrected chi connectivity index (χ1v) is 9.12. The Hall–Kier alpha value is -0.960. The molecular formula is C16H25N2O2P. The monoisotopic (exact) mass is 308 g/mol. The van der Waals surface area contributed by atoms with Crippen LogP contribution in [0.1, 0.15) is 50.5 Å². The van der Waals surface area contributed by atoms with Gasteiger partial charge in [-0.1, -0.05) is 49.6 Å². The second-order valence-corrected chi connectivity index (χ2v) is 6.68. The van der Waals surface area contributed by atoms with E-state index in [-0.39, 0.29) is 5.97 Å². The molecule has 1 aromatic carbocycles. The summed E-state index contributed by atoms with van der Waals surface area (Å²) < 4.78 is 5.28. The van der Waals surface area contributed by atoms with Gasteiger partial charge >= 0.3 is 5.97 Å². The van der Waals surface area contributed by atoms with Crippen LogP contribution in [0.5, 0.6) is 0 Å². The van der Waals surface area contributed by atoms with E-state index in [4.69, 9.17) is 10.0 Å². The molecule has 0 aromatic heterocycles. The maximum absolute atomic E-state index is 11.8. The van der Waals surface area contributed by atoms with Crippen molar-refractivity contribution in [3.05, 3.63) is 35.9 Å². The van der Waals surface area contributed by atoms with Gasteiger partial charge in [-0.15, -0.1) is 0 Å². The first-order valence-electron chi connectivity index (χ1n) is 7.80. The fourth-order valence-electron chi connectivity index (χ4n) is 2.67. The molecule has 1 aliphatic carbocycles. The first-order chi connectivity index (χ1) is 10.2. The van der Waals surface area contributed by atoms with E-state index in [1.54, 1.807) is 0 Å². The molecule has 0 heterocycles. The molecule has 116 valence electrons. The lowest BCUT2D eigenvalue weighted by Crippen LogP contribution is -2.30. The van der Waals surface area contributed by atoms with E-state index in [2.05, 4.69) is 17.2 Å². The number of nitrogens with two attached hydrogens (primary N) is 1. The van der Waals surface area contributed by atoms with Gasteiger partial charge in [-0.2, -0.15) is 0 Å². The molecule has 21 heavy (non-hydrogen) atoms. The van der Waals surface area contributed by atoms with Gasteiger partial charge in [0, 0.05) is 12.5 Å². The number of hydrogen-bond donors (Lipinski definition) is 2. The standard InChI is InChI=1S/C16H25N2O2P/c17-21(18-15-11-5-2-6-12-15)20-16(19)13-7-10-14-8-3-1-4-9-14/h1,3-4,8-9,15,18H,2,5-7,10-13,17H2. The average Bonchev–Trinajstić information content (AvgIpc) is 2.49. The molecule has 0 bridgehead atoms. The Morgan fingerprint density at radius 3 is 2.67 bits per heavy atom. The third-order valence-electron chi connectivity index (χ3n) is 3.80. The molecule has 4 nitrogen and oxygen atoms in total. The molecule has 2 rings (SSSR count). The quantitative estimate of drug-likeness (QED) is 0.755. The second-order valence-electron chi connectivity index (χ2n) is 5.59. The number of rotatable bonds is 7. The van der Waals surface area contributed by atoms with Crippen LogP contribution in [0.25, 0.3) is 0 Å². The second kappa shape index (κ2) is 9.14. The van der Waals surface area contributed by atoms with E-state index in [1.807, 2.05) is 18.2 Å². The van der Waals surface area contributed by atoms with Crippen LogP contribution in [0, 0.1) is 0 Å². The van der Waals surface area contributed by atoms with Crippen molar-refractivity contribution in [2.24, 2.45) is 5.50 Å². The lowest BCUT2D eigenvalue weighted by Gasteiger charge is -2.25. The van der Waals surface area contributed by atoms with E-state index in [9.17, 15) is 4.79 Å². The third kappa shape index (κ3) is 6.56. The molecule has 0 saturated heterocycles. The summed E-state index contributed by atoms with van der Waals surface area (Å²) in [5, 5.41) is 3.26. The van der Waals surface area contributed by atoms with E-state index in [1.165, 1.54) is 24.8 Å². The molecule has 0 amide bonds. The number of benzene rings is 1. The predicted octanol–water partition coefficient (Wildman–Crippen LogP) is 3.66. The van der Waals surface area contributed by atoms with Crippen molar-refractivity contribution < 1.29 is 9.32 Å². The molecule has 1 saturated carbocycles. The average molecular weight is 308 g/mol. The van der Waals surface area contributed by atoms with Gasteiger partial charge in [0.05, 0.1) is 0 Å². The van der Waals surface area contributed by atoms with Gasteiger partial charge in [0.2, 0.25) is 8.45 Å². The molecule has 1 aromatic rings. The Balaban J connectivity index is 1.60. The Labute approximate surface area is 128 Å². The van der Waals surface area contributed by atoms with Crippen molar-refractivity contribution in [3.8, 4) is 0 Å². The minimum Gasteiger partial charge on any atom is -0.414 e. The topological polar surface area (TPSA) is 64.3 Å². The minimum absolute atomic E-state index is 0.192. The van der Waals surface area contributed by atoms with Gasteiger partial charge in [0.15, 0.2) is 0 Å². The fourth-order valence-corrected chi connectivity index (χ4v) is 3.66. The highest BCUT2D eigenvalue weighted by Crippen LogP contribution is 2.28. The van der Waals surface area contributed by atoms with E-state index in [0.717, 1.165) is 25.7 Å². The van der Waals surface area contributed by atoms with Crippen molar-refractivity contribution in [2.75, 3.05) is 0 Å². The Morgan fingerprint density at radius 2 is 1.95 bits per heavy atom. The highest BCUT2D eigenvalue weighted by molar-refractivity contribution is 7.48. The van der Waals surface area contributed by atoms with Gasteiger partial charge in [-0.25, -0.2) is 5.09 Å². The molecule has 1 atom stereocenters. The van der Waals surface area contributed by atoms with Crippen molar-refractivity contribution in [1.29, 1.82) is 0 Å². The van der Waals surface area contributed by atoms with Crippen LogP contribution >= 0.6 is 8.45 Å². The van der Waals surface area contributed by atoms with Crippen LogP contribution in [-0.4, -0.2) is 12.0 Å². The molecule has 1 unspecified atom stereocenters. The SMILES string of the molecule is NP(NC1CCCCC1)OC(=O)CCCc1ccccc1. The molecular weight excluding hydrogens is 283 g/mol. The summed E-state index contributed by atoms with van der Waals surface area (Å²) in [5.74, 6) is -0.192. The lowest BCUT2D eigenvalue weighted by molar-refractivity contribution is -0.133. The van der Waals surface area contributed by atoms with Crippen LogP contribution in [0.2, 0.25) is 0 Å². The van der Waals surface area contributed by atoms with Crippen LogP contribution in [0.4, 0.5) is 0 Å². The van der Waals surface area contributed by atoms with Crippen molar-refractivity contribution in [1.82, 2.24) is 5.09 Å². The number of carbonyl (C=O) groups is 1. The van der Waals surface area contributed by atoms with Crippen LogP contribution < -0.4 is 10.6 Å². The summed E-state index contributed by atoms with van der Waals surface area (Å²) >= 11 is 0. The predicted molar refractivity (Wildman–Crippen MR) is 86.6 cm³/mol. The molecule has 5 heteroatoms. The summed E-state index contributed by atoms with van der Waals surface area (Å²) in [4.78, 5) is 11.8.